The van der Waals surface area contributed by atoms with E-state index in [1.165, 1.54) is 19.2 Å². The maximum absolute atomic E-state index is 13.3. The molecule has 0 radical (unpaired) electrons. The third-order valence-electron chi connectivity index (χ3n) is 7.28. The van der Waals surface area contributed by atoms with Crippen molar-refractivity contribution in [2.24, 2.45) is 0 Å². The van der Waals surface area contributed by atoms with Gasteiger partial charge in [0, 0.05) is 29.7 Å². The smallest absolute Gasteiger partial charge is 0.305 e. The molecule has 7 nitrogen and oxygen atoms in total. The zero-order valence-corrected chi connectivity index (χ0v) is 27.1. The van der Waals surface area contributed by atoms with Gasteiger partial charge in [-0.3, -0.25) is 9.59 Å². The van der Waals surface area contributed by atoms with E-state index >= 15 is 0 Å². The molecule has 0 atom stereocenters. The number of imidazole rings is 1. The van der Waals surface area contributed by atoms with Gasteiger partial charge in [-0.1, -0.05) is 77.8 Å². The molecular formula is C37H32Cl2FN3O4. The van der Waals surface area contributed by atoms with Crippen molar-refractivity contribution in [1.82, 2.24) is 14.9 Å². The number of hydrogen-bond donors (Lipinski definition) is 1. The molecule has 0 aliphatic heterocycles. The van der Waals surface area contributed by atoms with E-state index in [1.807, 2.05) is 60.7 Å². The lowest BCUT2D eigenvalue weighted by Gasteiger charge is -2.08. The summed E-state index contributed by atoms with van der Waals surface area (Å²) in [4.78, 5) is 28.9. The van der Waals surface area contributed by atoms with Crippen molar-refractivity contribution in [2.45, 2.75) is 25.9 Å². The Bertz CT molecular complexity index is 1850. The standard InChI is InChI=1S/C37H32Cl2FN3O4/c1-46-37(45)3-2-20-47-31-16-11-28(12-17-31)27-9-4-25(5-10-27)8-19-35-42-34(32-18-13-29(38)21-33(32)39)23-43(35)24-36(44)41-22-26-6-14-30(40)15-7-26/h4-19,21,23H,2-3,20,22,24H2,1H3,(H,41,44)/b19-8+. The molecule has 0 unspecified atom stereocenters. The van der Waals surface area contributed by atoms with Crippen molar-refractivity contribution in [3.8, 4) is 28.1 Å². The van der Waals surface area contributed by atoms with E-state index in [0.29, 0.717) is 46.6 Å². The van der Waals surface area contributed by atoms with Gasteiger partial charge in [0.1, 0.15) is 23.9 Å². The molecule has 0 saturated carbocycles. The number of halogens is 3. The Labute approximate surface area is 282 Å². The Morgan fingerprint density at radius 1 is 0.915 bits per heavy atom. The van der Waals surface area contributed by atoms with Crippen molar-refractivity contribution in [3.63, 3.8) is 0 Å². The van der Waals surface area contributed by atoms with Crippen LogP contribution in [0.25, 0.3) is 34.5 Å². The summed E-state index contributed by atoms with van der Waals surface area (Å²) in [7, 11) is 1.37. The van der Waals surface area contributed by atoms with Gasteiger partial charge in [0.05, 0.1) is 24.4 Å². The number of rotatable bonds is 13. The van der Waals surface area contributed by atoms with E-state index < -0.39 is 0 Å². The highest BCUT2D eigenvalue weighted by Crippen LogP contribution is 2.30. The zero-order chi connectivity index (χ0) is 33.2. The maximum atomic E-state index is 13.3. The third kappa shape index (κ3) is 9.54. The number of methoxy groups -OCH3 is 1. The monoisotopic (exact) mass is 671 g/mol. The predicted molar refractivity (Wildman–Crippen MR) is 183 cm³/mol. The molecule has 1 heterocycles. The summed E-state index contributed by atoms with van der Waals surface area (Å²) >= 11 is 12.6. The molecule has 47 heavy (non-hydrogen) atoms. The molecular weight excluding hydrogens is 640 g/mol. The number of amides is 1. The highest BCUT2D eigenvalue weighted by Gasteiger charge is 2.14. The highest BCUT2D eigenvalue weighted by atomic mass is 35.5. The molecule has 0 bridgehead atoms. The van der Waals surface area contributed by atoms with Gasteiger partial charge in [-0.25, -0.2) is 9.37 Å². The first-order valence-corrected chi connectivity index (χ1v) is 15.6. The molecule has 0 fully saturated rings. The number of aromatic nitrogens is 2. The van der Waals surface area contributed by atoms with E-state index in [1.54, 1.807) is 41.1 Å². The minimum atomic E-state index is -0.330. The fourth-order valence-electron chi connectivity index (χ4n) is 4.74. The van der Waals surface area contributed by atoms with Crippen molar-refractivity contribution in [1.29, 1.82) is 0 Å². The topological polar surface area (TPSA) is 82.5 Å². The summed E-state index contributed by atoms with van der Waals surface area (Å²) in [5.41, 5.74) is 5.11. The molecule has 0 aliphatic rings. The predicted octanol–water partition coefficient (Wildman–Crippen LogP) is 8.48. The van der Waals surface area contributed by atoms with E-state index in [9.17, 15) is 14.0 Å². The molecule has 1 amide bonds. The van der Waals surface area contributed by atoms with E-state index in [4.69, 9.17) is 32.9 Å². The summed E-state index contributed by atoms with van der Waals surface area (Å²) in [6, 6.07) is 27.0. The van der Waals surface area contributed by atoms with Gasteiger partial charge in [0.2, 0.25) is 5.91 Å². The third-order valence-corrected chi connectivity index (χ3v) is 7.82. The lowest BCUT2D eigenvalue weighted by Crippen LogP contribution is -2.27. The Kier molecular flexibility index (Phi) is 11.4. The van der Waals surface area contributed by atoms with Crippen LogP contribution in [0.15, 0.2) is 97.2 Å². The van der Waals surface area contributed by atoms with Crippen LogP contribution in [0.2, 0.25) is 10.0 Å². The average molecular weight is 673 g/mol. The van der Waals surface area contributed by atoms with Gasteiger partial charge < -0.3 is 19.4 Å². The van der Waals surface area contributed by atoms with E-state index in [0.717, 1.165) is 28.0 Å². The molecule has 0 spiro atoms. The molecule has 0 aliphatic carbocycles. The van der Waals surface area contributed by atoms with Gasteiger partial charge in [-0.05, 0) is 77.2 Å². The Balaban J connectivity index is 1.27. The quantitative estimate of drug-likeness (QED) is 0.100. The van der Waals surface area contributed by atoms with Gasteiger partial charge in [0.15, 0.2) is 0 Å². The van der Waals surface area contributed by atoms with E-state index in [2.05, 4.69) is 10.1 Å². The summed E-state index contributed by atoms with van der Waals surface area (Å²) < 4.78 is 25.4. The maximum Gasteiger partial charge on any atom is 0.305 e. The summed E-state index contributed by atoms with van der Waals surface area (Å²) in [6.07, 6.45) is 6.47. The number of ether oxygens (including phenoxy) is 2. The number of hydrogen-bond acceptors (Lipinski definition) is 5. The van der Waals surface area contributed by atoms with Crippen LogP contribution >= 0.6 is 23.2 Å². The highest BCUT2D eigenvalue weighted by molar-refractivity contribution is 6.36. The first-order chi connectivity index (χ1) is 22.8. The lowest BCUT2D eigenvalue weighted by molar-refractivity contribution is -0.140. The van der Waals surface area contributed by atoms with Crippen molar-refractivity contribution < 1.29 is 23.5 Å². The molecule has 4 aromatic carbocycles. The van der Waals surface area contributed by atoms with Crippen LogP contribution in [0.3, 0.4) is 0 Å². The first kappa shape index (κ1) is 33.4. The Morgan fingerprint density at radius 2 is 1.62 bits per heavy atom. The second kappa shape index (κ2) is 16.1. The number of carbonyl (C=O) groups excluding carboxylic acids is 2. The Morgan fingerprint density at radius 3 is 2.30 bits per heavy atom. The molecule has 5 aromatic rings. The van der Waals surface area contributed by atoms with Crippen molar-refractivity contribution >= 4 is 47.2 Å². The number of carbonyl (C=O) groups is 2. The van der Waals surface area contributed by atoms with Gasteiger partial charge in [-0.15, -0.1) is 0 Å². The normalized spacial score (nSPS) is 11.1. The van der Waals surface area contributed by atoms with Crippen LogP contribution in [0.4, 0.5) is 4.39 Å². The minimum Gasteiger partial charge on any atom is -0.494 e. The number of nitrogens with zero attached hydrogens (tertiary/aromatic N) is 2. The van der Waals surface area contributed by atoms with Crippen LogP contribution in [0, 0.1) is 5.82 Å². The van der Waals surface area contributed by atoms with Gasteiger partial charge in [-0.2, -0.15) is 0 Å². The molecule has 240 valence electrons. The zero-order valence-electron chi connectivity index (χ0n) is 25.6. The van der Waals surface area contributed by atoms with E-state index in [-0.39, 0.29) is 30.8 Å². The van der Waals surface area contributed by atoms with Crippen LogP contribution < -0.4 is 10.1 Å². The number of benzene rings is 4. The first-order valence-electron chi connectivity index (χ1n) is 14.9. The van der Waals surface area contributed by atoms with Crippen molar-refractivity contribution in [3.05, 3.63) is 130 Å². The number of esters is 1. The fourth-order valence-corrected chi connectivity index (χ4v) is 5.25. The van der Waals surface area contributed by atoms with Crippen LogP contribution in [0.1, 0.15) is 29.8 Å². The fraction of sp³-hybridized carbons (Fsp3) is 0.162. The van der Waals surface area contributed by atoms with Crippen LogP contribution in [0.5, 0.6) is 5.75 Å². The lowest BCUT2D eigenvalue weighted by atomic mass is 10.0. The summed E-state index contributed by atoms with van der Waals surface area (Å²) in [5, 5.41) is 3.84. The second-order valence-electron chi connectivity index (χ2n) is 10.6. The van der Waals surface area contributed by atoms with Crippen LogP contribution in [-0.4, -0.2) is 35.1 Å². The van der Waals surface area contributed by atoms with Crippen LogP contribution in [-0.2, 0) is 27.4 Å². The minimum absolute atomic E-state index is 0.0169. The number of nitrogens with one attached hydrogen (secondary N) is 1. The molecule has 10 heteroatoms. The average Bonchev–Trinajstić information content (AvgIpc) is 3.47. The Hall–Kier alpha value is -4.92. The molecule has 1 N–H and O–H groups in total. The second-order valence-corrected chi connectivity index (χ2v) is 11.5. The largest absolute Gasteiger partial charge is 0.494 e. The SMILES string of the molecule is COC(=O)CCCOc1ccc(-c2ccc(/C=C/c3nc(-c4ccc(Cl)cc4Cl)cn3CC(=O)NCc3ccc(F)cc3)cc2)cc1. The van der Waals surface area contributed by atoms with Gasteiger partial charge in [0.25, 0.3) is 0 Å². The summed E-state index contributed by atoms with van der Waals surface area (Å²) in [6.45, 7) is 0.722. The molecule has 5 rings (SSSR count). The van der Waals surface area contributed by atoms with Crippen molar-refractivity contribution in [2.75, 3.05) is 13.7 Å². The van der Waals surface area contributed by atoms with Gasteiger partial charge >= 0.3 is 5.97 Å². The molecule has 1 aromatic heterocycles. The molecule has 0 saturated heterocycles. The summed E-state index contributed by atoms with van der Waals surface area (Å²) in [5.74, 6) is 0.495.